The zero-order valence-electron chi connectivity index (χ0n) is 21.9. The molecule has 0 saturated heterocycles. The molecule has 36 heavy (non-hydrogen) atoms. The zero-order valence-corrected chi connectivity index (χ0v) is 21.9. The Hall–Kier alpha value is -3.99. The summed E-state index contributed by atoms with van der Waals surface area (Å²) in [7, 11) is 0. The number of hydrogen-bond acceptors (Lipinski definition) is 5. The number of nitrogens with zero attached hydrogens (tertiary/aromatic N) is 1. The number of hydrogen-bond donors (Lipinski definition) is 1. The van der Waals surface area contributed by atoms with E-state index < -0.39 is 5.54 Å². The van der Waals surface area contributed by atoms with Gasteiger partial charge in [-0.15, -0.1) is 0 Å². The molecule has 5 nitrogen and oxygen atoms in total. The highest BCUT2D eigenvalue weighted by atomic mass is 16.4. The van der Waals surface area contributed by atoms with Crippen molar-refractivity contribution >= 4 is 17.5 Å². The zero-order chi connectivity index (χ0) is 26.2. The van der Waals surface area contributed by atoms with Crippen molar-refractivity contribution in [2.75, 3.05) is 5.32 Å². The van der Waals surface area contributed by atoms with E-state index in [1.165, 1.54) is 0 Å². The van der Waals surface area contributed by atoms with Crippen molar-refractivity contribution in [1.29, 1.82) is 0 Å². The van der Waals surface area contributed by atoms with Crippen LogP contribution in [0.15, 0.2) is 65.2 Å². The van der Waals surface area contributed by atoms with E-state index in [4.69, 9.17) is 4.42 Å². The maximum Gasteiger partial charge on any atom is 0.206 e. The molecule has 0 aliphatic carbocycles. The van der Waals surface area contributed by atoms with E-state index >= 15 is 0 Å². The number of furan rings is 1. The van der Waals surface area contributed by atoms with Crippen molar-refractivity contribution in [2.24, 2.45) is 0 Å². The van der Waals surface area contributed by atoms with Crippen LogP contribution in [0.5, 0.6) is 0 Å². The number of carbonyl (C=O) groups excluding carboxylic acids is 2. The van der Waals surface area contributed by atoms with Gasteiger partial charge in [-0.2, -0.15) is 0 Å². The van der Waals surface area contributed by atoms with Gasteiger partial charge in [0.25, 0.3) is 0 Å². The predicted molar refractivity (Wildman–Crippen MR) is 144 cm³/mol. The highest BCUT2D eigenvalue weighted by molar-refractivity contribution is 6.24. The predicted octanol–water partition coefficient (Wildman–Crippen LogP) is 7.25. The van der Waals surface area contributed by atoms with Crippen LogP contribution in [0.3, 0.4) is 0 Å². The van der Waals surface area contributed by atoms with Crippen molar-refractivity contribution in [3.05, 3.63) is 105 Å². The van der Waals surface area contributed by atoms with Gasteiger partial charge in [0.05, 0.1) is 11.1 Å². The normalized spacial score (nSPS) is 11.4. The second-order valence-corrected chi connectivity index (χ2v) is 10.4. The first kappa shape index (κ1) is 25.1. The number of aryl methyl sites for hydroxylation is 4. The molecule has 0 radical (unpaired) electrons. The summed E-state index contributed by atoms with van der Waals surface area (Å²) in [4.78, 5) is 32.9. The van der Waals surface area contributed by atoms with Crippen LogP contribution in [0.2, 0.25) is 0 Å². The first-order valence-corrected chi connectivity index (χ1v) is 12.1. The number of carbonyl (C=O) groups is 2. The van der Waals surface area contributed by atoms with Crippen LogP contribution in [0.4, 0.5) is 5.88 Å². The molecule has 0 fully saturated rings. The molecule has 5 heteroatoms. The minimum atomic E-state index is -0.421. The molecule has 0 unspecified atom stereocenters. The van der Waals surface area contributed by atoms with E-state index in [0.717, 1.165) is 22.3 Å². The van der Waals surface area contributed by atoms with Gasteiger partial charge < -0.3 is 9.73 Å². The molecule has 0 atom stereocenters. The van der Waals surface area contributed by atoms with Crippen LogP contribution < -0.4 is 5.32 Å². The monoisotopic (exact) mass is 480 g/mol. The summed E-state index contributed by atoms with van der Waals surface area (Å²) < 4.78 is 6.32. The molecular weight excluding hydrogens is 448 g/mol. The van der Waals surface area contributed by atoms with Crippen molar-refractivity contribution < 1.29 is 14.0 Å². The Kier molecular flexibility index (Phi) is 6.68. The minimum absolute atomic E-state index is 0.222. The third-order valence-electron chi connectivity index (χ3n) is 6.02. The molecule has 0 aliphatic rings. The summed E-state index contributed by atoms with van der Waals surface area (Å²) in [5.74, 6) is 0.0170. The van der Waals surface area contributed by atoms with Gasteiger partial charge in [-0.05, 0) is 83.9 Å². The fourth-order valence-electron chi connectivity index (χ4n) is 4.20. The van der Waals surface area contributed by atoms with Crippen molar-refractivity contribution in [3.8, 4) is 11.5 Å². The van der Waals surface area contributed by atoms with Gasteiger partial charge >= 0.3 is 0 Å². The summed E-state index contributed by atoms with van der Waals surface area (Å²) in [6, 6.07) is 16.9. The van der Waals surface area contributed by atoms with Gasteiger partial charge in [-0.1, -0.05) is 41.5 Å². The smallest absolute Gasteiger partial charge is 0.206 e. The number of aromatic nitrogens is 1. The topological polar surface area (TPSA) is 72.2 Å². The second kappa shape index (κ2) is 9.57. The van der Waals surface area contributed by atoms with E-state index in [9.17, 15) is 9.59 Å². The average molecular weight is 481 g/mol. The van der Waals surface area contributed by atoms with Crippen molar-refractivity contribution in [3.63, 3.8) is 0 Å². The standard InChI is InChI=1S/C31H32N2O3/c1-18-11-13-20(3)22(16-18)27(34)25-26(28(35)23-17-19(2)12-14-21(23)4)30(33-31(5,6)7)36-29(25)24-10-8-9-15-32-24/h8-17,33H,1-7H3. The molecule has 0 aliphatic heterocycles. The summed E-state index contributed by atoms with van der Waals surface area (Å²) in [6.07, 6.45) is 1.65. The van der Waals surface area contributed by atoms with Crippen LogP contribution in [0.1, 0.15) is 74.9 Å². The maximum absolute atomic E-state index is 14.2. The fourth-order valence-corrected chi connectivity index (χ4v) is 4.20. The summed E-state index contributed by atoms with van der Waals surface area (Å²) in [5, 5.41) is 3.33. The Morgan fingerprint density at radius 2 is 1.33 bits per heavy atom. The summed E-state index contributed by atoms with van der Waals surface area (Å²) in [5.41, 5.74) is 5.17. The molecule has 2 heterocycles. The molecular formula is C31H32N2O3. The number of benzene rings is 2. The molecule has 2 aromatic heterocycles. The van der Waals surface area contributed by atoms with Gasteiger partial charge in [-0.25, -0.2) is 0 Å². The first-order chi connectivity index (χ1) is 17.0. The molecule has 2 aromatic carbocycles. The van der Waals surface area contributed by atoms with E-state index in [-0.39, 0.29) is 34.3 Å². The molecule has 0 spiro atoms. The SMILES string of the molecule is Cc1ccc(C)c(C(=O)c2c(NC(C)(C)C)oc(-c3ccccn3)c2C(=O)c2cc(C)ccc2C)c1. The summed E-state index contributed by atoms with van der Waals surface area (Å²) in [6.45, 7) is 13.6. The van der Waals surface area contributed by atoms with Crippen LogP contribution in [0.25, 0.3) is 11.5 Å². The minimum Gasteiger partial charge on any atom is -0.437 e. The largest absolute Gasteiger partial charge is 0.437 e. The molecule has 1 N–H and O–H groups in total. The van der Waals surface area contributed by atoms with Gasteiger partial charge in [0.15, 0.2) is 17.3 Å². The number of rotatable bonds is 6. The molecule has 4 aromatic rings. The van der Waals surface area contributed by atoms with E-state index in [0.29, 0.717) is 16.8 Å². The van der Waals surface area contributed by atoms with Crippen molar-refractivity contribution in [1.82, 2.24) is 4.98 Å². The lowest BCUT2D eigenvalue weighted by atomic mass is 9.89. The lowest BCUT2D eigenvalue weighted by Crippen LogP contribution is -2.27. The van der Waals surface area contributed by atoms with E-state index in [1.807, 2.05) is 90.9 Å². The fraction of sp³-hybridized carbons (Fsp3) is 0.258. The first-order valence-electron chi connectivity index (χ1n) is 12.1. The number of pyridine rings is 1. The maximum atomic E-state index is 14.2. The Bertz CT molecular complexity index is 1460. The van der Waals surface area contributed by atoms with E-state index in [2.05, 4.69) is 10.3 Å². The van der Waals surface area contributed by atoms with Gasteiger partial charge in [0.2, 0.25) is 5.88 Å². The van der Waals surface area contributed by atoms with Crippen LogP contribution >= 0.6 is 0 Å². The van der Waals surface area contributed by atoms with Gasteiger partial charge in [0.1, 0.15) is 5.69 Å². The highest BCUT2D eigenvalue weighted by Gasteiger charge is 2.34. The Morgan fingerprint density at radius 1 is 0.778 bits per heavy atom. The third kappa shape index (κ3) is 5.01. The molecule has 4 rings (SSSR count). The molecule has 0 saturated carbocycles. The van der Waals surface area contributed by atoms with Crippen LogP contribution in [-0.4, -0.2) is 22.1 Å². The van der Waals surface area contributed by atoms with Crippen LogP contribution in [-0.2, 0) is 0 Å². The summed E-state index contributed by atoms with van der Waals surface area (Å²) >= 11 is 0. The second-order valence-electron chi connectivity index (χ2n) is 10.4. The number of anilines is 1. The Morgan fingerprint density at radius 3 is 1.83 bits per heavy atom. The average Bonchev–Trinajstić information content (AvgIpc) is 3.19. The highest BCUT2D eigenvalue weighted by Crippen LogP contribution is 2.39. The van der Waals surface area contributed by atoms with Crippen molar-refractivity contribution in [2.45, 2.75) is 54.0 Å². The third-order valence-corrected chi connectivity index (χ3v) is 6.02. The molecule has 0 bridgehead atoms. The number of ketones is 2. The van der Waals surface area contributed by atoms with Gasteiger partial charge in [0, 0.05) is 22.9 Å². The van der Waals surface area contributed by atoms with Crippen LogP contribution in [0, 0.1) is 27.7 Å². The Balaban J connectivity index is 2.07. The Labute approximate surface area is 212 Å². The lowest BCUT2D eigenvalue weighted by Gasteiger charge is -2.21. The lowest BCUT2D eigenvalue weighted by molar-refractivity contribution is 0.100. The van der Waals surface area contributed by atoms with E-state index in [1.54, 1.807) is 18.3 Å². The number of nitrogens with one attached hydrogen (secondary N) is 1. The molecule has 184 valence electrons. The molecule has 0 amide bonds. The van der Waals surface area contributed by atoms with Gasteiger partial charge in [-0.3, -0.25) is 14.6 Å². The quantitative estimate of drug-likeness (QED) is 0.294.